The molecule has 7 nitrogen and oxygen atoms in total. The van der Waals surface area contributed by atoms with Crippen LogP contribution >= 0.6 is 0 Å². The number of halogens is 6. The van der Waals surface area contributed by atoms with E-state index in [1.165, 1.54) is 6.20 Å². The average Bonchev–Trinajstić information content (AvgIpc) is 3.76. The summed E-state index contributed by atoms with van der Waals surface area (Å²) < 4.78 is 94.2. The van der Waals surface area contributed by atoms with Gasteiger partial charge in [0.25, 0.3) is 0 Å². The van der Waals surface area contributed by atoms with Crippen molar-refractivity contribution in [3.63, 3.8) is 0 Å². The van der Waals surface area contributed by atoms with Crippen LogP contribution in [0.1, 0.15) is 43.2 Å². The highest BCUT2D eigenvalue weighted by atomic mass is 19.4. The lowest BCUT2D eigenvalue weighted by molar-refractivity contribution is -0.137. The normalized spacial score (nSPS) is 23.0. The molecule has 246 valence electrons. The first kappa shape index (κ1) is 31.4. The highest BCUT2D eigenvalue weighted by molar-refractivity contribution is 6.02. The molecule has 5 heterocycles. The van der Waals surface area contributed by atoms with Crippen molar-refractivity contribution in [1.29, 1.82) is 0 Å². The fourth-order valence-corrected chi connectivity index (χ4v) is 7.47. The Balaban J connectivity index is 1.39. The predicted octanol–water partition coefficient (Wildman–Crippen LogP) is 6.27. The van der Waals surface area contributed by atoms with E-state index in [4.69, 9.17) is 11.2 Å². The molecular weight excluding hydrogens is 622 g/mol. The van der Waals surface area contributed by atoms with Crippen LogP contribution < -0.4 is 15.0 Å². The topological polar surface area (TPSA) is 66.4 Å². The van der Waals surface area contributed by atoms with E-state index >= 15 is 4.39 Å². The van der Waals surface area contributed by atoms with E-state index < -0.39 is 40.8 Å². The van der Waals surface area contributed by atoms with Gasteiger partial charge in [-0.05, 0) is 62.4 Å². The van der Waals surface area contributed by atoms with Crippen molar-refractivity contribution in [2.24, 2.45) is 0 Å². The second kappa shape index (κ2) is 11.8. The number of alkyl halides is 4. The molecule has 3 atom stereocenters. The summed E-state index contributed by atoms with van der Waals surface area (Å²) in [5.74, 6) is 0.635. The maximum atomic E-state index is 16.8. The number of pyridine rings is 1. The largest absolute Gasteiger partial charge is 0.461 e. The number of rotatable bonds is 7. The van der Waals surface area contributed by atoms with E-state index in [2.05, 4.69) is 31.1 Å². The van der Waals surface area contributed by atoms with Gasteiger partial charge >= 0.3 is 12.2 Å². The van der Waals surface area contributed by atoms with Crippen molar-refractivity contribution in [2.45, 2.75) is 56.0 Å². The van der Waals surface area contributed by atoms with Gasteiger partial charge in [0.05, 0.1) is 22.1 Å². The van der Waals surface area contributed by atoms with Gasteiger partial charge in [0, 0.05) is 49.7 Å². The lowest BCUT2D eigenvalue weighted by Crippen LogP contribution is -2.43. The third-order valence-electron chi connectivity index (χ3n) is 9.69. The Bertz CT molecular complexity index is 1910. The zero-order valence-corrected chi connectivity index (χ0v) is 25.6. The van der Waals surface area contributed by atoms with Crippen LogP contribution in [0, 0.1) is 24.0 Å². The number of ether oxygens (including phenoxy) is 1. The molecule has 0 aliphatic carbocycles. The molecule has 0 bridgehead atoms. The Labute approximate surface area is 267 Å². The van der Waals surface area contributed by atoms with Crippen molar-refractivity contribution in [3.8, 4) is 29.6 Å². The lowest BCUT2D eigenvalue weighted by atomic mass is 9.93. The third-order valence-corrected chi connectivity index (χ3v) is 9.69. The van der Waals surface area contributed by atoms with E-state index in [9.17, 15) is 22.0 Å². The van der Waals surface area contributed by atoms with Crippen LogP contribution in [-0.2, 0) is 6.18 Å². The van der Waals surface area contributed by atoms with Crippen molar-refractivity contribution in [2.75, 3.05) is 44.7 Å². The Morgan fingerprint density at radius 1 is 1.19 bits per heavy atom. The third kappa shape index (κ3) is 5.61. The monoisotopic (exact) mass is 654 g/mol. The molecule has 2 aromatic carbocycles. The number of hydrogen-bond donors (Lipinski definition) is 1. The number of likely N-dealkylation sites (N-methyl/N-ethyl adjacent to an activating group) is 1. The van der Waals surface area contributed by atoms with E-state index in [0.717, 1.165) is 63.0 Å². The molecule has 3 saturated heterocycles. The smallest absolute Gasteiger partial charge is 0.416 e. The van der Waals surface area contributed by atoms with E-state index in [-0.39, 0.29) is 51.5 Å². The van der Waals surface area contributed by atoms with Gasteiger partial charge in [0.1, 0.15) is 35.6 Å². The summed E-state index contributed by atoms with van der Waals surface area (Å²) in [5.41, 5.74) is -2.95. The molecule has 1 N–H and O–H groups in total. The summed E-state index contributed by atoms with van der Waals surface area (Å²) in [4.78, 5) is 17.2. The number of aromatic nitrogens is 3. The number of nitrogens with one attached hydrogen (secondary N) is 1. The standard InChI is InChI=1S/C34H32F6N6O/c1-3-23-26(36)8-7-19-12-20(34(38,39)40)13-24(27(19)23)29-28(37)30-25(15-42-29)31(45(2)17-22-6-4-10-41-22)44-32(43-30)47-18-33-9-5-11-46(33)16-21(35)14-33/h1,7-8,12-13,15,21-22,41H,4-6,9-11,14,16-18H2,2H3/t21-,22-,33+/m1/s1. The molecule has 4 aromatic rings. The molecule has 0 radical (unpaired) electrons. The molecule has 3 aliphatic heterocycles. The number of nitrogens with zero attached hydrogens (tertiary/aromatic N) is 5. The number of fused-ring (bicyclic) bond motifs is 3. The van der Waals surface area contributed by atoms with Crippen molar-refractivity contribution in [3.05, 3.63) is 53.2 Å². The second-order valence-electron chi connectivity index (χ2n) is 12.7. The first-order valence-corrected chi connectivity index (χ1v) is 15.6. The molecule has 3 aliphatic rings. The number of anilines is 1. The molecule has 0 saturated carbocycles. The first-order chi connectivity index (χ1) is 22.5. The minimum Gasteiger partial charge on any atom is -0.461 e. The molecule has 13 heteroatoms. The summed E-state index contributed by atoms with van der Waals surface area (Å²) in [5, 5.41) is 3.53. The molecule has 2 aromatic heterocycles. The van der Waals surface area contributed by atoms with Crippen LogP contribution in [0.2, 0.25) is 0 Å². The van der Waals surface area contributed by atoms with Gasteiger partial charge in [-0.1, -0.05) is 12.0 Å². The maximum absolute atomic E-state index is 16.8. The Morgan fingerprint density at radius 3 is 2.77 bits per heavy atom. The quantitative estimate of drug-likeness (QED) is 0.186. The Hall–Kier alpha value is -4.15. The maximum Gasteiger partial charge on any atom is 0.416 e. The Kier molecular flexibility index (Phi) is 7.91. The fourth-order valence-electron chi connectivity index (χ4n) is 7.47. The zero-order chi connectivity index (χ0) is 33.1. The van der Waals surface area contributed by atoms with Gasteiger partial charge in [0.15, 0.2) is 5.82 Å². The van der Waals surface area contributed by atoms with Crippen molar-refractivity contribution in [1.82, 2.24) is 25.2 Å². The van der Waals surface area contributed by atoms with E-state index in [1.54, 1.807) is 7.05 Å². The van der Waals surface area contributed by atoms with Crippen molar-refractivity contribution >= 4 is 27.5 Å². The van der Waals surface area contributed by atoms with Gasteiger partial charge in [-0.15, -0.1) is 6.42 Å². The van der Waals surface area contributed by atoms with Crippen LogP contribution in [0.4, 0.5) is 32.2 Å². The summed E-state index contributed by atoms with van der Waals surface area (Å²) >= 11 is 0. The van der Waals surface area contributed by atoms with Gasteiger partial charge in [-0.2, -0.15) is 23.1 Å². The molecule has 3 fully saturated rings. The van der Waals surface area contributed by atoms with Crippen LogP contribution in [0.3, 0.4) is 0 Å². The first-order valence-electron chi connectivity index (χ1n) is 15.6. The highest BCUT2D eigenvalue weighted by Gasteiger charge is 2.49. The molecular formula is C34H32F6N6O. The van der Waals surface area contributed by atoms with Gasteiger partial charge in [0.2, 0.25) is 0 Å². The van der Waals surface area contributed by atoms with Crippen LogP contribution in [0.25, 0.3) is 32.9 Å². The molecule has 0 amide bonds. The average molecular weight is 655 g/mol. The Morgan fingerprint density at radius 2 is 2.02 bits per heavy atom. The predicted molar refractivity (Wildman–Crippen MR) is 166 cm³/mol. The second-order valence-corrected chi connectivity index (χ2v) is 12.7. The number of benzene rings is 2. The van der Waals surface area contributed by atoms with Gasteiger partial charge in [-0.3, -0.25) is 9.88 Å². The van der Waals surface area contributed by atoms with Crippen molar-refractivity contribution < 1.29 is 31.1 Å². The highest BCUT2D eigenvalue weighted by Crippen LogP contribution is 2.42. The SMILES string of the molecule is C#Cc1c(F)ccc2cc(C(F)(F)F)cc(-c3ncc4c(N(C)C[C@H]5CCCN5)nc(OC[C@@]56CCCN5C[C@H](F)C6)nc4c3F)c12. The van der Waals surface area contributed by atoms with E-state index in [1.807, 2.05) is 4.90 Å². The minimum atomic E-state index is -4.79. The summed E-state index contributed by atoms with van der Waals surface area (Å²) in [6, 6.07) is 3.71. The summed E-state index contributed by atoms with van der Waals surface area (Å²) in [7, 11) is 1.79. The zero-order valence-electron chi connectivity index (χ0n) is 25.6. The summed E-state index contributed by atoms with van der Waals surface area (Å²) in [6.45, 7) is 2.56. The van der Waals surface area contributed by atoms with Gasteiger partial charge < -0.3 is 15.0 Å². The molecule has 47 heavy (non-hydrogen) atoms. The number of terminal acetylenes is 1. The fraction of sp³-hybridized carbons (Fsp3) is 0.441. The van der Waals surface area contributed by atoms with Gasteiger partial charge in [-0.25, -0.2) is 13.2 Å². The van der Waals surface area contributed by atoms with Crippen LogP contribution in [-0.4, -0.2) is 77.4 Å². The van der Waals surface area contributed by atoms with E-state index in [0.29, 0.717) is 25.3 Å². The van der Waals surface area contributed by atoms with Crippen LogP contribution in [0.15, 0.2) is 30.5 Å². The molecule has 0 unspecified atom stereocenters. The lowest BCUT2D eigenvalue weighted by Gasteiger charge is -2.31. The number of hydrogen-bond acceptors (Lipinski definition) is 7. The molecule has 7 rings (SSSR count). The van der Waals surface area contributed by atoms with Crippen LogP contribution in [0.5, 0.6) is 6.01 Å². The molecule has 0 spiro atoms. The minimum absolute atomic E-state index is 0.0234. The summed E-state index contributed by atoms with van der Waals surface area (Å²) in [6.07, 6.45) is 4.99.